The second-order valence-corrected chi connectivity index (χ2v) is 9.93. The zero-order valence-corrected chi connectivity index (χ0v) is 19.3. The minimum Gasteiger partial charge on any atom is -0.364 e. The number of aliphatic imine (C=N–C) groups is 1. The molecule has 0 amide bonds. The number of nitrogens with zero attached hydrogens (tertiary/aromatic N) is 5. The van der Waals surface area contributed by atoms with Crippen LogP contribution in [-0.4, -0.2) is 73.0 Å². The highest BCUT2D eigenvalue weighted by Crippen LogP contribution is 2.24. The lowest BCUT2D eigenvalue weighted by Gasteiger charge is -2.36. The van der Waals surface area contributed by atoms with E-state index in [0.717, 1.165) is 12.5 Å². The Bertz CT molecular complexity index is 923. The van der Waals surface area contributed by atoms with Gasteiger partial charge in [-0.3, -0.25) is 9.98 Å². The predicted molar refractivity (Wildman–Crippen MR) is 120 cm³/mol. The molecule has 0 bridgehead atoms. The summed E-state index contributed by atoms with van der Waals surface area (Å²) < 4.78 is 31.6. The molecule has 3 heterocycles. The van der Waals surface area contributed by atoms with E-state index in [1.54, 1.807) is 12.3 Å². The van der Waals surface area contributed by atoms with Gasteiger partial charge in [0.15, 0.2) is 5.96 Å². The van der Waals surface area contributed by atoms with Crippen LogP contribution in [0.4, 0.5) is 0 Å². The van der Waals surface area contributed by atoms with Crippen LogP contribution < -0.4 is 5.32 Å². The van der Waals surface area contributed by atoms with Gasteiger partial charge in [0, 0.05) is 63.6 Å². The monoisotopic (exact) mass is 448 g/mol. The van der Waals surface area contributed by atoms with Gasteiger partial charge in [-0.05, 0) is 24.5 Å². The molecule has 1 aliphatic heterocycles. The van der Waals surface area contributed by atoms with Gasteiger partial charge in [-0.25, -0.2) is 8.42 Å². The van der Waals surface area contributed by atoms with Gasteiger partial charge in [-0.2, -0.15) is 4.31 Å². The summed E-state index contributed by atoms with van der Waals surface area (Å²) >= 11 is 0. The van der Waals surface area contributed by atoms with Crippen LogP contribution in [-0.2, 0) is 15.8 Å². The lowest BCUT2D eigenvalue weighted by Crippen LogP contribution is -2.54. The molecule has 0 spiro atoms. The highest BCUT2D eigenvalue weighted by atomic mass is 32.2. The maximum Gasteiger partial charge on any atom is 0.220 e. The summed E-state index contributed by atoms with van der Waals surface area (Å²) in [6.45, 7) is 9.83. The first-order valence-electron chi connectivity index (χ1n) is 10.7. The molecule has 1 atom stereocenters. The minimum atomic E-state index is -3.42. The lowest BCUT2D eigenvalue weighted by atomic mass is 9.89. The van der Waals surface area contributed by atoms with Crippen LogP contribution >= 0.6 is 0 Å². The van der Waals surface area contributed by atoms with Crippen molar-refractivity contribution in [3.8, 4) is 0 Å². The number of pyridine rings is 1. The molecule has 2 aromatic heterocycles. The Labute approximate surface area is 184 Å². The van der Waals surface area contributed by atoms with Crippen molar-refractivity contribution >= 4 is 16.0 Å². The number of rotatable bonds is 8. The average molecular weight is 449 g/mol. The topological polar surface area (TPSA) is 104 Å². The summed E-state index contributed by atoms with van der Waals surface area (Å²) in [5, 5.41) is 7.08. The molecular formula is C21H32N6O3S. The minimum absolute atomic E-state index is 0.140. The molecule has 1 saturated heterocycles. The van der Waals surface area contributed by atoms with Gasteiger partial charge in [-0.1, -0.05) is 25.1 Å². The molecule has 1 N–H and O–H groups in total. The third-order valence-electron chi connectivity index (χ3n) is 5.44. The molecule has 0 aromatic carbocycles. The molecule has 3 rings (SSSR count). The second-order valence-electron chi connectivity index (χ2n) is 7.96. The molecule has 0 saturated carbocycles. The predicted octanol–water partition coefficient (Wildman–Crippen LogP) is 1.92. The van der Waals surface area contributed by atoms with E-state index in [0.29, 0.717) is 44.3 Å². The molecule has 31 heavy (non-hydrogen) atoms. The van der Waals surface area contributed by atoms with E-state index >= 15 is 0 Å². The molecule has 1 aliphatic rings. The van der Waals surface area contributed by atoms with E-state index in [2.05, 4.69) is 40.3 Å². The zero-order valence-electron chi connectivity index (χ0n) is 18.4. The Morgan fingerprint density at radius 3 is 2.61 bits per heavy atom. The fourth-order valence-electron chi connectivity index (χ4n) is 3.68. The summed E-state index contributed by atoms with van der Waals surface area (Å²) in [6.07, 6.45) is 5.08. The van der Waals surface area contributed by atoms with Crippen molar-refractivity contribution in [3.05, 3.63) is 48.1 Å². The molecule has 0 aliphatic carbocycles. The van der Waals surface area contributed by atoms with Crippen molar-refractivity contribution in [2.75, 3.05) is 39.3 Å². The van der Waals surface area contributed by atoms with E-state index in [1.165, 1.54) is 16.1 Å². The quantitative estimate of drug-likeness (QED) is 0.486. The zero-order chi connectivity index (χ0) is 22.3. The van der Waals surface area contributed by atoms with Crippen molar-refractivity contribution in [2.45, 2.75) is 32.4 Å². The van der Waals surface area contributed by atoms with Crippen molar-refractivity contribution in [3.63, 3.8) is 0 Å². The molecule has 10 heteroatoms. The molecule has 0 radical (unpaired) electrons. The van der Waals surface area contributed by atoms with Crippen LogP contribution in [0.2, 0.25) is 0 Å². The Morgan fingerprint density at radius 1 is 1.26 bits per heavy atom. The van der Waals surface area contributed by atoms with E-state index in [9.17, 15) is 8.42 Å². The third kappa shape index (κ3) is 6.27. The highest BCUT2D eigenvalue weighted by molar-refractivity contribution is 7.88. The van der Waals surface area contributed by atoms with Crippen LogP contribution in [0.25, 0.3) is 0 Å². The largest absolute Gasteiger partial charge is 0.364 e. The van der Waals surface area contributed by atoms with Gasteiger partial charge in [0.2, 0.25) is 10.0 Å². The summed E-state index contributed by atoms with van der Waals surface area (Å²) in [5.41, 5.74) is 1.60. The van der Waals surface area contributed by atoms with E-state index < -0.39 is 10.0 Å². The molecule has 1 fully saturated rings. The van der Waals surface area contributed by atoms with Crippen molar-refractivity contribution < 1.29 is 12.9 Å². The van der Waals surface area contributed by atoms with Gasteiger partial charge in [0.05, 0.1) is 5.69 Å². The van der Waals surface area contributed by atoms with Crippen molar-refractivity contribution in [1.29, 1.82) is 0 Å². The second kappa shape index (κ2) is 10.7. The number of piperazine rings is 1. The maximum atomic E-state index is 12.7. The van der Waals surface area contributed by atoms with Gasteiger partial charge in [0.25, 0.3) is 0 Å². The summed E-state index contributed by atoms with van der Waals surface area (Å²) in [5.74, 6) is 1.38. The number of nitrogens with one attached hydrogen (secondary N) is 1. The normalized spacial score (nSPS) is 17.2. The van der Waals surface area contributed by atoms with E-state index in [4.69, 9.17) is 9.52 Å². The van der Waals surface area contributed by atoms with Crippen LogP contribution in [0.5, 0.6) is 0 Å². The molecule has 9 nitrogen and oxygen atoms in total. The third-order valence-corrected chi connectivity index (χ3v) is 7.26. The van der Waals surface area contributed by atoms with Gasteiger partial charge < -0.3 is 14.7 Å². The Kier molecular flexibility index (Phi) is 8.03. The highest BCUT2D eigenvalue weighted by Gasteiger charge is 2.29. The van der Waals surface area contributed by atoms with Crippen LogP contribution in [0.3, 0.4) is 0 Å². The summed E-state index contributed by atoms with van der Waals surface area (Å²) in [6, 6.07) is 5.63. The first kappa shape index (κ1) is 23.2. The fourth-order valence-corrected chi connectivity index (χ4v) is 5.10. The first-order chi connectivity index (χ1) is 14.9. The van der Waals surface area contributed by atoms with Gasteiger partial charge in [0.1, 0.15) is 12.0 Å². The lowest BCUT2D eigenvalue weighted by molar-refractivity contribution is 0.259. The molecular weight excluding hydrogens is 416 g/mol. The first-order valence-corrected chi connectivity index (χ1v) is 12.3. The maximum absolute atomic E-state index is 12.7. The van der Waals surface area contributed by atoms with Crippen molar-refractivity contribution in [1.82, 2.24) is 24.7 Å². The Morgan fingerprint density at radius 2 is 2.03 bits per heavy atom. The van der Waals surface area contributed by atoms with E-state index in [-0.39, 0.29) is 11.7 Å². The molecule has 2 aromatic rings. The number of sulfonamides is 1. The van der Waals surface area contributed by atoms with Crippen molar-refractivity contribution in [2.24, 2.45) is 10.9 Å². The Hall–Kier alpha value is -2.46. The van der Waals surface area contributed by atoms with Crippen LogP contribution in [0.1, 0.15) is 37.9 Å². The standard InChI is InChI=1S/C21H32N6O3S/c1-4-23-21(24-15-20(17(2)3)18-6-5-8-22-14-18)26-9-11-27(12-10-26)31(28,29)16-19-7-13-30-25-19/h5-8,13-14,17,20H,4,9-12,15-16H2,1-3H3,(H,23,24). The molecule has 1 unspecified atom stereocenters. The SMILES string of the molecule is CCNC(=NCC(c1cccnc1)C(C)C)N1CCN(S(=O)(=O)Cc2ccon2)CC1. The van der Waals surface area contributed by atoms with Gasteiger partial charge >= 0.3 is 0 Å². The smallest absolute Gasteiger partial charge is 0.220 e. The molecule has 170 valence electrons. The summed E-state index contributed by atoms with van der Waals surface area (Å²) in [7, 11) is -3.42. The average Bonchev–Trinajstić information content (AvgIpc) is 3.26. The van der Waals surface area contributed by atoms with Crippen LogP contribution in [0.15, 0.2) is 46.4 Å². The number of guanidine groups is 1. The van der Waals surface area contributed by atoms with E-state index in [1.807, 2.05) is 19.2 Å². The summed E-state index contributed by atoms with van der Waals surface area (Å²) in [4.78, 5) is 11.3. The number of aromatic nitrogens is 2. The Balaban J connectivity index is 1.64. The number of hydrogen-bond acceptors (Lipinski definition) is 6. The van der Waals surface area contributed by atoms with Gasteiger partial charge in [-0.15, -0.1) is 0 Å². The number of hydrogen-bond donors (Lipinski definition) is 1. The van der Waals surface area contributed by atoms with Crippen LogP contribution in [0, 0.1) is 5.92 Å². The fraction of sp³-hybridized carbons (Fsp3) is 0.571.